The van der Waals surface area contributed by atoms with Crippen molar-refractivity contribution in [3.8, 4) is 0 Å². The number of fused-ring (bicyclic) bond motifs is 1. The van der Waals surface area contributed by atoms with Crippen LogP contribution in [0.4, 0.5) is 0 Å². The second-order valence-corrected chi connectivity index (χ2v) is 6.75. The molecule has 0 saturated heterocycles. The van der Waals surface area contributed by atoms with Gasteiger partial charge in [-0.15, -0.1) is 0 Å². The Morgan fingerprint density at radius 3 is 2.70 bits per heavy atom. The fourth-order valence-corrected chi connectivity index (χ4v) is 3.27. The number of carbonyl (C=O) groups excluding carboxylic acids is 1. The smallest absolute Gasteiger partial charge is 0.269 e. The summed E-state index contributed by atoms with van der Waals surface area (Å²) in [5.41, 5.74) is 3.14. The Kier molecular flexibility index (Phi) is 4.68. The molecule has 3 aromatic rings. The van der Waals surface area contributed by atoms with Crippen LogP contribution in [0.1, 0.15) is 5.56 Å². The molecule has 0 fully saturated rings. The van der Waals surface area contributed by atoms with E-state index in [4.69, 9.17) is 0 Å². The van der Waals surface area contributed by atoms with Gasteiger partial charge in [-0.1, -0.05) is 51.7 Å². The minimum atomic E-state index is -0.341. The number of hydrazone groups is 1. The maximum absolute atomic E-state index is 12.1. The van der Waals surface area contributed by atoms with Crippen molar-refractivity contribution in [1.82, 2.24) is 9.38 Å². The molecular weight excluding hydrogens is 378 g/mol. The first kappa shape index (κ1) is 15.6. The lowest BCUT2D eigenvalue weighted by Gasteiger charge is -1.99. The first-order chi connectivity index (χ1) is 11.1. The molecule has 0 aliphatic heterocycles. The number of carbonyl (C=O) groups is 1. The van der Waals surface area contributed by atoms with Gasteiger partial charge in [0.1, 0.15) is 6.54 Å². The maximum atomic E-state index is 12.1. The van der Waals surface area contributed by atoms with Gasteiger partial charge in [0, 0.05) is 4.47 Å². The van der Waals surface area contributed by atoms with Crippen LogP contribution in [-0.2, 0) is 11.3 Å². The van der Waals surface area contributed by atoms with Crippen molar-refractivity contribution in [2.45, 2.75) is 6.54 Å². The Hall–Kier alpha value is -2.25. The lowest BCUT2D eigenvalue weighted by molar-refractivity contribution is -0.121. The molecule has 0 aliphatic rings. The van der Waals surface area contributed by atoms with E-state index in [9.17, 15) is 9.59 Å². The molecule has 1 amide bonds. The number of amides is 1. The van der Waals surface area contributed by atoms with Crippen LogP contribution in [-0.4, -0.2) is 16.1 Å². The highest BCUT2D eigenvalue weighted by atomic mass is 79.9. The van der Waals surface area contributed by atoms with Crippen molar-refractivity contribution in [1.29, 1.82) is 0 Å². The number of halogens is 1. The second kappa shape index (κ2) is 6.89. The fraction of sp³-hybridized carbons (Fsp3) is 0.0625. The van der Waals surface area contributed by atoms with E-state index in [1.165, 1.54) is 15.5 Å². The molecule has 0 spiro atoms. The van der Waals surface area contributed by atoms with Gasteiger partial charge in [-0.05, 0) is 29.8 Å². The molecule has 3 rings (SSSR count). The normalized spacial score (nSPS) is 11.2. The van der Waals surface area contributed by atoms with Crippen molar-refractivity contribution in [3.63, 3.8) is 0 Å². The number of hydrogen-bond acceptors (Lipinski definition) is 4. The van der Waals surface area contributed by atoms with Gasteiger partial charge in [-0.2, -0.15) is 5.10 Å². The van der Waals surface area contributed by atoms with E-state index in [0.29, 0.717) is 5.39 Å². The van der Waals surface area contributed by atoms with Gasteiger partial charge in [0.05, 0.1) is 16.3 Å². The highest BCUT2D eigenvalue weighted by molar-refractivity contribution is 9.10. The Bertz CT molecular complexity index is 928. The van der Waals surface area contributed by atoms with Crippen LogP contribution in [0.15, 0.2) is 62.9 Å². The number of aromatic nitrogens is 1. The summed E-state index contributed by atoms with van der Waals surface area (Å²) in [7, 11) is 0. The van der Waals surface area contributed by atoms with Gasteiger partial charge in [0.15, 0.2) is 0 Å². The molecule has 5 nitrogen and oxygen atoms in total. The zero-order chi connectivity index (χ0) is 16.2. The van der Waals surface area contributed by atoms with Crippen LogP contribution < -0.4 is 11.0 Å². The number of benzene rings is 2. The van der Waals surface area contributed by atoms with E-state index in [-0.39, 0.29) is 18.0 Å². The Labute approximate surface area is 144 Å². The largest absolute Gasteiger partial charge is 0.271 e. The number of hydrogen-bond donors (Lipinski definition) is 1. The Morgan fingerprint density at radius 1 is 1.22 bits per heavy atom. The molecule has 0 aliphatic carbocycles. The second-order valence-electron chi connectivity index (χ2n) is 4.77. The van der Waals surface area contributed by atoms with Crippen LogP contribution in [0.3, 0.4) is 0 Å². The number of nitrogens with one attached hydrogen (secondary N) is 1. The summed E-state index contributed by atoms with van der Waals surface area (Å²) in [5.74, 6) is -0.341. The standard InChI is InChI=1S/C16H12BrN3O2S/c17-12-7-5-11(6-8-12)9-18-19-15(21)10-20-16(22)13-3-1-2-4-14(13)23-20/h1-9H,10H2,(H,19,21)/b18-9+. The van der Waals surface area contributed by atoms with E-state index in [1.54, 1.807) is 12.3 Å². The fourth-order valence-electron chi connectivity index (χ4n) is 2.01. The summed E-state index contributed by atoms with van der Waals surface area (Å²) < 4.78 is 3.27. The molecule has 7 heteroatoms. The minimum absolute atomic E-state index is 0.0458. The molecule has 116 valence electrons. The first-order valence-corrected chi connectivity index (χ1v) is 8.36. The van der Waals surface area contributed by atoms with Crippen molar-refractivity contribution in [3.05, 3.63) is 68.9 Å². The lowest BCUT2D eigenvalue weighted by atomic mass is 10.2. The van der Waals surface area contributed by atoms with Gasteiger partial charge in [-0.3, -0.25) is 13.5 Å². The third-order valence-corrected chi connectivity index (χ3v) is 4.71. The Balaban J connectivity index is 1.65. The SMILES string of the molecule is O=C(Cn1sc2ccccc2c1=O)N/N=C/c1ccc(Br)cc1. The third-order valence-electron chi connectivity index (χ3n) is 3.11. The summed E-state index contributed by atoms with van der Waals surface area (Å²) in [6.07, 6.45) is 1.55. The summed E-state index contributed by atoms with van der Waals surface area (Å²) in [6, 6.07) is 14.8. The van der Waals surface area contributed by atoms with E-state index in [0.717, 1.165) is 14.7 Å². The minimum Gasteiger partial charge on any atom is -0.271 e. The van der Waals surface area contributed by atoms with Crippen molar-refractivity contribution >= 4 is 49.7 Å². The molecule has 23 heavy (non-hydrogen) atoms. The van der Waals surface area contributed by atoms with E-state index in [1.807, 2.05) is 42.5 Å². The molecule has 0 unspecified atom stereocenters. The summed E-state index contributed by atoms with van der Waals surface area (Å²) in [4.78, 5) is 24.0. The van der Waals surface area contributed by atoms with Gasteiger partial charge >= 0.3 is 0 Å². The topological polar surface area (TPSA) is 63.5 Å². The molecule has 0 bridgehead atoms. The van der Waals surface area contributed by atoms with Crippen molar-refractivity contribution in [2.75, 3.05) is 0 Å². The van der Waals surface area contributed by atoms with Crippen LogP contribution >= 0.6 is 27.5 Å². The number of nitrogens with zero attached hydrogens (tertiary/aromatic N) is 2. The third kappa shape index (κ3) is 3.75. The predicted molar refractivity (Wildman–Crippen MR) is 96.0 cm³/mol. The predicted octanol–water partition coefficient (Wildman–Crippen LogP) is 2.98. The zero-order valence-electron chi connectivity index (χ0n) is 11.9. The molecule has 1 aromatic heterocycles. The molecule has 0 saturated carbocycles. The molecule has 0 radical (unpaired) electrons. The quantitative estimate of drug-likeness (QED) is 0.550. The van der Waals surface area contributed by atoms with E-state index < -0.39 is 0 Å². The van der Waals surface area contributed by atoms with Crippen LogP contribution in [0, 0.1) is 0 Å². The molecular formula is C16H12BrN3O2S. The van der Waals surface area contributed by atoms with E-state index >= 15 is 0 Å². The highest BCUT2D eigenvalue weighted by Crippen LogP contribution is 2.15. The van der Waals surface area contributed by atoms with Crippen LogP contribution in [0.2, 0.25) is 0 Å². The average Bonchev–Trinajstić information content (AvgIpc) is 2.86. The molecule has 1 N–H and O–H groups in total. The monoisotopic (exact) mass is 389 g/mol. The van der Waals surface area contributed by atoms with Gasteiger partial charge in [0.2, 0.25) is 0 Å². The number of rotatable bonds is 4. The zero-order valence-corrected chi connectivity index (χ0v) is 14.3. The maximum Gasteiger partial charge on any atom is 0.269 e. The van der Waals surface area contributed by atoms with Gasteiger partial charge in [0.25, 0.3) is 11.5 Å². The van der Waals surface area contributed by atoms with Gasteiger partial charge < -0.3 is 0 Å². The van der Waals surface area contributed by atoms with Crippen LogP contribution in [0.25, 0.3) is 10.1 Å². The first-order valence-electron chi connectivity index (χ1n) is 6.80. The lowest BCUT2D eigenvalue weighted by Crippen LogP contribution is -2.26. The van der Waals surface area contributed by atoms with E-state index in [2.05, 4.69) is 26.5 Å². The highest BCUT2D eigenvalue weighted by Gasteiger charge is 2.09. The molecule has 2 aromatic carbocycles. The van der Waals surface area contributed by atoms with Crippen molar-refractivity contribution in [2.24, 2.45) is 5.10 Å². The molecule has 0 atom stereocenters. The summed E-state index contributed by atoms with van der Waals surface area (Å²) >= 11 is 4.62. The Morgan fingerprint density at radius 2 is 1.96 bits per heavy atom. The summed E-state index contributed by atoms with van der Waals surface area (Å²) in [6.45, 7) is -0.0458. The average molecular weight is 390 g/mol. The summed E-state index contributed by atoms with van der Waals surface area (Å²) in [5, 5.41) is 4.53. The van der Waals surface area contributed by atoms with Gasteiger partial charge in [-0.25, -0.2) is 5.43 Å². The molecule has 1 heterocycles. The van der Waals surface area contributed by atoms with Crippen LogP contribution in [0.5, 0.6) is 0 Å². The van der Waals surface area contributed by atoms with Crippen molar-refractivity contribution < 1.29 is 4.79 Å².